The van der Waals surface area contributed by atoms with Crippen LogP contribution < -0.4 is 0 Å². The summed E-state index contributed by atoms with van der Waals surface area (Å²) in [6.45, 7) is 21.5. The van der Waals surface area contributed by atoms with E-state index in [0.29, 0.717) is 17.4 Å². The molecular formula is C40H53FN2. The van der Waals surface area contributed by atoms with Crippen molar-refractivity contribution in [3.05, 3.63) is 119 Å². The maximum Gasteiger partial charge on any atom is 0.123 e. The molecule has 3 heteroatoms. The van der Waals surface area contributed by atoms with E-state index in [1.807, 2.05) is 44.2 Å². The molecule has 2 nitrogen and oxygen atoms in total. The first kappa shape index (κ1) is 35.6. The average molecular weight is 581 g/mol. The number of hydrogen-bond acceptors (Lipinski definition) is 1. The lowest BCUT2D eigenvalue weighted by Crippen LogP contribution is -2.33. The molecule has 0 aliphatic heterocycles. The van der Waals surface area contributed by atoms with Crippen molar-refractivity contribution in [2.45, 2.75) is 99.3 Å². The van der Waals surface area contributed by atoms with Crippen molar-refractivity contribution in [1.29, 1.82) is 5.26 Å². The molecule has 3 atom stereocenters. The van der Waals surface area contributed by atoms with Crippen LogP contribution in [0.2, 0.25) is 0 Å². The number of nitrogens with zero attached hydrogens (tertiary/aromatic N) is 1. The van der Waals surface area contributed by atoms with Crippen molar-refractivity contribution >= 4 is 10.9 Å². The highest BCUT2D eigenvalue weighted by atomic mass is 19.1. The van der Waals surface area contributed by atoms with Gasteiger partial charge in [-0.05, 0) is 85.5 Å². The Morgan fingerprint density at radius 3 is 2.07 bits per heavy atom. The summed E-state index contributed by atoms with van der Waals surface area (Å²) in [5, 5.41) is 10.0. The van der Waals surface area contributed by atoms with E-state index in [1.54, 1.807) is 12.1 Å². The normalized spacial score (nSPS) is 13.4. The quantitative estimate of drug-likeness (QED) is 0.176. The lowest BCUT2D eigenvalue weighted by Gasteiger charge is -2.39. The second-order valence-corrected chi connectivity index (χ2v) is 11.7. The minimum Gasteiger partial charge on any atom is -0.358 e. The van der Waals surface area contributed by atoms with Gasteiger partial charge in [0.15, 0.2) is 0 Å². The van der Waals surface area contributed by atoms with Crippen molar-refractivity contribution in [2.24, 2.45) is 11.8 Å². The fourth-order valence-electron chi connectivity index (χ4n) is 6.00. The second-order valence-electron chi connectivity index (χ2n) is 11.7. The van der Waals surface area contributed by atoms with Gasteiger partial charge in [-0.15, -0.1) is 0 Å². The maximum atomic E-state index is 13.4. The smallest absolute Gasteiger partial charge is 0.123 e. The van der Waals surface area contributed by atoms with Gasteiger partial charge in [-0.3, -0.25) is 0 Å². The van der Waals surface area contributed by atoms with Crippen LogP contribution in [0, 0.1) is 35.9 Å². The van der Waals surface area contributed by atoms with Gasteiger partial charge in [0.1, 0.15) is 5.82 Å². The number of halogens is 1. The van der Waals surface area contributed by atoms with Gasteiger partial charge in [-0.2, -0.15) is 5.26 Å². The third kappa shape index (κ3) is 9.42. The topological polar surface area (TPSA) is 39.6 Å². The van der Waals surface area contributed by atoms with Crippen molar-refractivity contribution in [3.8, 4) is 6.07 Å². The molecule has 4 aromatic rings. The summed E-state index contributed by atoms with van der Waals surface area (Å²) in [5.41, 5.74) is 8.07. The largest absolute Gasteiger partial charge is 0.358 e. The number of H-pyrrole nitrogens is 1. The molecule has 0 saturated heterocycles. The van der Waals surface area contributed by atoms with Crippen LogP contribution >= 0.6 is 0 Å². The van der Waals surface area contributed by atoms with Crippen molar-refractivity contribution < 1.29 is 4.39 Å². The van der Waals surface area contributed by atoms with Crippen LogP contribution in [0.15, 0.2) is 84.9 Å². The Labute approximate surface area is 261 Å². The lowest BCUT2D eigenvalue weighted by molar-refractivity contribution is 0.311. The number of nitriles is 1. The summed E-state index contributed by atoms with van der Waals surface area (Å²) in [6, 6.07) is 26.0. The Morgan fingerprint density at radius 1 is 0.930 bits per heavy atom. The van der Waals surface area contributed by atoms with E-state index in [4.69, 9.17) is 5.26 Å². The fourth-order valence-corrected chi connectivity index (χ4v) is 6.00. The zero-order valence-electron chi connectivity index (χ0n) is 27.9. The number of rotatable bonds is 11. The second kappa shape index (κ2) is 17.5. The molecular weight excluding hydrogens is 527 g/mol. The van der Waals surface area contributed by atoms with E-state index in [9.17, 15) is 4.39 Å². The molecule has 1 aromatic heterocycles. The monoisotopic (exact) mass is 580 g/mol. The predicted molar refractivity (Wildman–Crippen MR) is 184 cm³/mol. The molecule has 230 valence electrons. The molecule has 0 bridgehead atoms. The molecule has 0 radical (unpaired) electrons. The van der Waals surface area contributed by atoms with Crippen LogP contribution in [-0.4, -0.2) is 4.98 Å². The van der Waals surface area contributed by atoms with Gasteiger partial charge >= 0.3 is 0 Å². The van der Waals surface area contributed by atoms with Crippen LogP contribution in [0.1, 0.15) is 109 Å². The summed E-state index contributed by atoms with van der Waals surface area (Å²) >= 11 is 0. The van der Waals surface area contributed by atoms with E-state index < -0.39 is 0 Å². The van der Waals surface area contributed by atoms with Gasteiger partial charge in [-0.25, -0.2) is 4.39 Å². The Hall–Kier alpha value is -3.64. The molecule has 0 saturated carbocycles. The predicted octanol–water partition coefficient (Wildman–Crippen LogP) is 11.9. The molecule has 0 aliphatic carbocycles. The molecule has 3 unspecified atom stereocenters. The summed E-state index contributed by atoms with van der Waals surface area (Å²) in [6.07, 6.45) is 6.70. The first-order valence-corrected chi connectivity index (χ1v) is 16.2. The van der Waals surface area contributed by atoms with Crippen LogP contribution in [0.25, 0.3) is 10.9 Å². The number of aromatic nitrogens is 1. The Bertz CT molecular complexity index is 1390. The molecule has 0 amide bonds. The summed E-state index contributed by atoms with van der Waals surface area (Å²) in [7, 11) is 0. The zero-order valence-corrected chi connectivity index (χ0v) is 27.9. The number of hydrogen-bond donors (Lipinski definition) is 1. The van der Waals surface area contributed by atoms with E-state index in [2.05, 4.69) is 89.5 Å². The maximum absolute atomic E-state index is 13.4. The molecule has 1 N–H and O–H groups in total. The van der Waals surface area contributed by atoms with Crippen molar-refractivity contribution in [1.82, 2.24) is 4.98 Å². The molecule has 0 spiro atoms. The van der Waals surface area contributed by atoms with Crippen LogP contribution in [-0.2, 0) is 11.8 Å². The van der Waals surface area contributed by atoms with Gasteiger partial charge in [0, 0.05) is 22.0 Å². The first-order valence-electron chi connectivity index (χ1n) is 16.2. The minimum absolute atomic E-state index is 0.0772. The Kier molecular flexibility index (Phi) is 14.4. The highest BCUT2D eigenvalue weighted by Crippen LogP contribution is 2.43. The van der Waals surface area contributed by atoms with Crippen LogP contribution in [0.4, 0.5) is 4.39 Å². The van der Waals surface area contributed by atoms with Gasteiger partial charge in [0.05, 0.1) is 11.6 Å². The van der Waals surface area contributed by atoms with E-state index in [1.165, 1.54) is 40.8 Å². The molecule has 1 heterocycles. The van der Waals surface area contributed by atoms with Crippen LogP contribution in [0.3, 0.4) is 0 Å². The van der Waals surface area contributed by atoms with E-state index in [0.717, 1.165) is 36.6 Å². The van der Waals surface area contributed by atoms with Crippen molar-refractivity contribution in [2.75, 3.05) is 0 Å². The van der Waals surface area contributed by atoms with E-state index >= 15 is 0 Å². The van der Waals surface area contributed by atoms with Gasteiger partial charge in [0.2, 0.25) is 0 Å². The third-order valence-electron chi connectivity index (χ3n) is 8.64. The van der Waals surface area contributed by atoms with Gasteiger partial charge in [-0.1, -0.05) is 122 Å². The number of aryl methyl sites for hydroxylation is 1. The molecule has 0 fully saturated rings. The van der Waals surface area contributed by atoms with Crippen molar-refractivity contribution in [3.63, 3.8) is 0 Å². The fraction of sp³-hybridized carbons (Fsp3) is 0.425. The summed E-state index contributed by atoms with van der Waals surface area (Å²) < 4.78 is 13.4. The number of fused-ring (bicyclic) bond motifs is 1. The first-order chi connectivity index (χ1) is 20.7. The van der Waals surface area contributed by atoms with E-state index in [-0.39, 0.29) is 11.2 Å². The third-order valence-corrected chi connectivity index (χ3v) is 8.64. The molecule has 0 aliphatic rings. The summed E-state index contributed by atoms with van der Waals surface area (Å²) in [5.74, 6) is 0.868. The SMILES string of the molecule is C=C(CCC)C(C)Cc1cc2cc(C#N)ccc2[nH]1.CC.CCCC(CC)C(C)(c1ccc(C)cc1)c1ccc(F)cc1. The number of allylic oxidation sites excluding steroid dienone is 1. The number of aromatic amines is 1. The molecule has 4 rings (SSSR count). The van der Waals surface area contributed by atoms with Crippen LogP contribution in [0.5, 0.6) is 0 Å². The molecule has 43 heavy (non-hydrogen) atoms. The number of nitrogens with one attached hydrogen (secondary N) is 1. The zero-order chi connectivity index (χ0) is 32.0. The average Bonchev–Trinajstić information content (AvgIpc) is 3.43. The van der Waals surface area contributed by atoms with Gasteiger partial charge < -0.3 is 4.98 Å². The number of benzene rings is 3. The standard InChI is InChI=1S/C21H27F.C17H20N2.C2H6/c1-5-7-17(6-2)21(4,18-10-8-16(3)9-11-18)19-12-14-20(22)15-13-19;1-4-5-12(2)13(3)8-16-10-15-9-14(11-18)6-7-17(15)19-16;1-2/h8-15,17H,5-7H2,1-4H3;6-7,9-10,13,19H,2,4-5,8H2,1,3H3;1-2H3. The highest BCUT2D eigenvalue weighted by Gasteiger charge is 2.36. The lowest BCUT2D eigenvalue weighted by atomic mass is 9.65. The Morgan fingerprint density at radius 2 is 1.53 bits per heavy atom. The van der Waals surface area contributed by atoms with Gasteiger partial charge in [0.25, 0.3) is 0 Å². The summed E-state index contributed by atoms with van der Waals surface area (Å²) in [4.78, 5) is 3.42. The Balaban J connectivity index is 0.000000286. The minimum atomic E-state index is -0.168. The highest BCUT2D eigenvalue weighted by molar-refractivity contribution is 5.81. The molecule has 3 aromatic carbocycles.